The number of hydrogen-bond acceptors (Lipinski definition) is 2. The zero-order chi connectivity index (χ0) is 16.3. The molecule has 1 amide bonds. The van der Waals surface area contributed by atoms with Crippen LogP contribution in [0.1, 0.15) is 15.9 Å². The van der Waals surface area contributed by atoms with E-state index in [0.717, 1.165) is 12.1 Å². The Morgan fingerprint density at radius 2 is 1.86 bits per heavy atom. The smallest absolute Gasteiger partial charge is 0.298 e. The van der Waals surface area contributed by atoms with Gasteiger partial charge < -0.3 is 0 Å². The van der Waals surface area contributed by atoms with Gasteiger partial charge in [0.2, 0.25) is 0 Å². The summed E-state index contributed by atoms with van der Waals surface area (Å²) in [7, 11) is 0. The zero-order valence-corrected chi connectivity index (χ0v) is 13.8. The Bertz CT molecular complexity index is 707. The second-order valence-electron chi connectivity index (χ2n) is 4.28. The first-order valence-electron chi connectivity index (χ1n) is 5.96. The topological polar surface area (TPSA) is 41.1 Å². The lowest BCUT2D eigenvalue weighted by molar-refractivity contribution is -0.137. The fourth-order valence-electron chi connectivity index (χ4n) is 1.64. The van der Waals surface area contributed by atoms with Gasteiger partial charge >= 0.3 is 6.18 Å². The number of rotatable bonds is 3. The molecular weight excluding hydrogens is 432 g/mol. The van der Waals surface area contributed by atoms with E-state index in [0.29, 0.717) is 14.2 Å². The van der Waals surface area contributed by atoms with Crippen molar-refractivity contribution in [1.82, 2.24) is 5.43 Å². The van der Waals surface area contributed by atoms with Crippen molar-refractivity contribution in [2.45, 2.75) is 6.18 Å². The van der Waals surface area contributed by atoms with E-state index in [9.17, 15) is 18.0 Å². The van der Waals surface area contributed by atoms with Gasteiger partial charge in [0.25, 0.3) is 5.91 Å². The number of amides is 1. The maximum absolute atomic E-state index is 12.6. The predicted octanol–water partition coefficient (Wildman–Crippen LogP) is 4.72. The van der Waals surface area contributed by atoms with E-state index in [-0.39, 0.29) is 5.69 Å². The first kappa shape index (κ1) is 16.9. The lowest BCUT2D eigenvalue weighted by Crippen LogP contribution is -2.30. The highest BCUT2D eigenvalue weighted by atomic mass is 127. The second kappa shape index (κ2) is 6.74. The molecule has 2 aromatic carbocycles. The maximum Gasteiger partial charge on any atom is 0.416 e. The van der Waals surface area contributed by atoms with Gasteiger partial charge in [0.05, 0.1) is 16.8 Å². The number of hydrazine groups is 1. The van der Waals surface area contributed by atoms with Gasteiger partial charge in [-0.05, 0) is 59.0 Å². The van der Waals surface area contributed by atoms with Gasteiger partial charge in [0.15, 0.2) is 0 Å². The zero-order valence-electron chi connectivity index (χ0n) is 10.8. The summed E-state index contributed by atoms with van der Waals surface area (Å²) in [5.74, 6) is -0.474. The highest BCUT2D eigenvalue weighted by Crippen LogP contribution is 2.30. The van der Waals surface area contributed by atoms with E-state index in [1.165, 1.54) is 18.2 Å². The fraction of sp³-hybridized carbons (Fsp3) is 0.0714. The standard InChI is InChI=1S/C14H9ClF3IN2O/c15-9-4-5-11(12(19)7-9)13(22)21-20-10-3-1-2-8(6-10)14(16,17)18/h1-7,20H,(H,21,22). The SMILES string of the molecule is O=C(NNc1cccc(C(F)(F)F)c1)c1ccc(Cl)cc1I. The molecule has 0 aromatic heterocycles. The monoisotopic (exact) mass is 440 g/mol. The van der Waals surface area contributed by atoms with Crippen molar-refractivity contribution in [1.29, 1.82) is 0 Å². The molecule has 0 aliphatic carbocycles. The van der Waals surface area contributed by atoms with Crippen molar-refractivity contribution in [3.8, 4) is 0 Å². The van der Waals surface area contributed by atoms with Gasteiger partial charge in [-0.3, -0.25) is 15.6 Å². The lowest BCUT2D eigenvalue weighted by Gasteiger charge is -2.12. The first-order valence-corrected chi connectivity index (χ1v) is 7.42. The number of nitrogens with one attached hydrogen (secondary N) is 2. The third-order valence-corrected chi connectivity index (χ3v) is 3.81. The molecule has 0 unspecified atom stereocenters. The third kappa shape index (κ3) is 4.26. The van der Waals surface area contributed by atoms with E-state index in [1.807, 2.05) is 22.6 Å². The largest absolute Gasteiger partial charge is 0.416 e. The molecule has 3 nitrogen and oxygen atoms in total. The summed E-state index contributed by atoms with van der Waals surface area (Å²) in [5.41, 5.74) is 4.51. The summed E-state index contributed by atoms with van der Waals surface area (Å²) in [6.45, 7) is 0. The molecule has 0 bridgehead atoms. The van der Waals surface area contributed by atoms with Crippen LogP contribution < -0.4 is 10.9 Å². The second-order valence-corrected chi connectivity index (χ2v) is 5.88. The number of carbonyl (C=O) groups is 1. The predicted molar refractivity (Wildman–Crippen MR) is 86.7 cm³/mol. The number of anilines is 1. The molecule has 2 aromatic rings. The maximum atomic E-state index is 12.6. The first-order chi connectivity index (χ1) is 10.3. The molecule has 0 aliphatic rings. The number of benzene rings is 2. The molecule has 0 radical (unpaired) electrons. The quantitative estimate of drug-likeness (QED) is 0.536. The van der Waals surface area contributed by atoms with Crippen LogP contribution in [0.2, 0.25) is 5.02 Å². The average Bonchev–Trinajstić information content (AvgIpc) is 2.44. The Balaban J connectivity index is 2.08. The van der Waals surface area contributed by atoms with Crippen LogP contribution in [0, 0.1) is 3.57 Å². The third-order valence-electron chi connectivity index (χ3n) is 2.69. The van der Waals surface area contributed by atoms with Crippen molar-refractivity contribution in [3.63, 3.8) is 0 Å². The molecule has 0 fully saturated rings. The van der Waals surface area contributed by atoms with Crippen LogP contribution in [0.25, 0.3) is 0 Å². The highest BCUT2D eigenvalue weighted by Gasteiger charge is 2.30. The molecule has 22 heavy (non-hydrogen) atoms. The molecule has 0 saturated carbocycles. The van der Waals surface area contributed by atoms with Crippen LogP contribution in [-0.2, 0) is 6.18 Å². The molecule has 2 rings (SSSR count). The molecule has 0 atom stereocenters. The van der Waals surface area contributed by atoms with E-state index >= 15 is 0 Å². The van der Waals surface area contributed by atoms with Crippen molar-refractivity contribution in [2.75, 3.05) is 5.43 Å². The van der Waals surface area contributed by atoms with Crippen molar-refractivity contribution < 1.29 is 18.0 Å². The number of alkyl halides is 3. The Kier molecular flexibility index (Phi) is 5.17. The van der Waals surface area contributed by atoms with Crippen LogP contribution in [0.4, 0.5) is 18.9 Å². The van der Waals surface area contributed by atoms with Gasteiger partial charge in [-0.25, -0.2) is 0 Å². The Morgan fingerprint density at radius 3 is 2.50 bits per heavy atom. The molecule has 0 heterocycles. The Labute approximate surface area is 143 Å². The van der Waals surface area contributed by atoms with Gasteiger partial charge in [0.1, 0.15) is 0 Å². The summed E-state index contributed by atoms with van der Waals surface area (Å²) in [5, 5.41) is 0.492. The highest BCUT2D eigenvalue weighted by molar-refractivity contribution is 14.1. The minimum atomic E-state index is -4.44. The van der Waals surface area contributed by atoms with Gasteiger partial charge in [-0.1, -0.05) is 17.7 Å². The van der Waals surface area contributed by atoms with E-state index in [2.05, 4.69) is 10.9 Å². The van der Waals surface area contributed by atoms with Gasteiger partial charge in [-0.15, -0.1) is 0 Å². The van der Waals surface area contributed by atoms with E-state index in [4.69, 9.17) is 11.6 Å². The summed E-state index contributed by atoms with van der Waals surface area (Å²) in [6, 6.07) is 9.24. The Morgan fingerprint density at radius 1 is 1.14 bits per heavy atom. The fourth-order valence-corrected chi connectivity index (χ4v) is 2.76. The van der Waals surface area contributed by atoms with Crippen molar-refractivity contribution >= 4 is 45.8 Å². The molecule has 116 valence electrons. The normalized spacial score (nSPS) is 11.1. The van der Waals surface area contributed by atoms with Crippen LogP contribution in [0.5, 0.6) is 0 Å². The van der Waals surface area contributed by atoms with Crippen LogP contribution in [-0.4, -0.2) is 5.91 Å². The van der Waals surface area contributed by atoms with Crippen LogP contribution >= 0.6 is 34.2 Å². The molecule has 2 N–H and O–H groups in total. The van der Waals surface area contributed by atoms with Crippen molar-refractivity contribution in [3.05, 3.63) is 62.2 Å². The van der Waals surface area contributed by atoms with Crippen LogP contribution in [0.15, 0.2) is 42.5 Å². The summed E-state index contributed by atoms with van der Waals surface area (Å²) in [6.07, 6.45) is -4.44. The summed E-state index contributed by atoms with van der Waals surface area (Å²) < 4.78 is 38.4. The van der Waals surface area contributed by atoms with Gasteiger partial charge in [0, 0.05) is 8.59 Å². The Hall–Kier alpha value is -1.48. The van der Waals surface area contributed by atoms with E-state index < -0.39 is 17.6 Å². The number of carbonyl (C=O) groups excluding carboxylic acids is 1. The molecular formula is C14H9ClF3IN2O. The summed E-state index contributed by atoms with van der Waals surface area (Å²) >= 11 is 7.75. The van der Waals surface area contributed by atoms with Gasteiger partial charge in [-0.2, -0.15) is 13.2 Å². The van der Waals surface area contributed by atoms with Crippen LogP contribution in [0.3, 0.4) is 0 Å². The average molecular weight is 441 g/mol. The molecule has 8 heteroatoms. The minimum absolute atomic E-state index is 0.132. The molecule has 0 saturated heterocycles. The molecule has 0 aliphatic heterocycles. The molecule has 0 spiro atoms. The number of hydrogen-bond donors (Lipinski definition) is 2. The van der Waals surface area contributed by atoms with E-state index in [1.54, 1.807) is 12.1 Å². The number of halogens is 5. The summed E-state index contributed by atoms with van der Waals surface area (Å²) in [4.78, 5) is 12.0. The van der Waals surface area contributed by atoms with Crippen molar-refractivity contribution in [2.24, 2.45) is 0 Å². The minimum Gasteiger partial charge on any atom is -0.298 e. The lowest BCUT2D eigenvalue weighted by atomic mass is 10.2.